The van der Waals surface area contributed by atoms with E-state index in [-0.39, 0.29) is 34.6 Å². The summed E-state index contributed by atoms with van der Waals surface area (Å²) in [5.41, 5.74) is -1.39. The number of carboxylic acid groups (broad SMARTS) is 1. The number of nitro groups is 1. The molecule has 20 nitrogen and oxygen atoms in total. The molecule has 2 aromatic rings. The van der Waals surface area contributed by atoms with Gasteiger partial charge in [-0.3, -0.25) is 38.9 Å². The first-order valence-electron chi connectivity index (χ1n) is 21.1. The molecule has 0 saturated heterocycles. The van der Waals surface area contributed by atoms with E-state index in [4.69, 9.17) is 0 Å². The average molecular weight is 884 g/mol. The van der Waals surface area contributed by atoms with Crippen molar-refractivity contribution in [3.05, 3.63) is 51.6 Å². The minimum atomic E-state index is -1.65. The monoisotopic (exact) mass is 883 g/mol. The Balaban J connectivity index is 1.75. The van der Waals surface area contributed by atoms with E-state index < -0.39 is 107 Å². The molecule has 0 aromatic heterocycles. The lowest BCUT2D eigenvalue weighted by atomic mass is 9.93. The number of nitrogens with zero attached hydrogens (tertiary/aromatic N) is 3. The smallest absolute Gasteiger partial charge is 0.326 e. The Kier molecular flexibility index (Phi) is 19.3. The summed E-state index contributed by atoms with van der Waals surface area (Å²) in [4.78, 5) is 105. The topological polar surface area (TPSA) is 298 Å². The SMILES string of the molecule is CCC(C)CCCCCCCCC(=O)N(C)[C@H](CO)C(=O)N[C@H](C)C(=O)NCC(=O)N(C)[C@@H]1C(=O)N[C@@H](C)C(=O)N[C@H](C(=O)O)Cc2cc(c(O)c([N+](=O)[O-])c2)-c2cc1ccc2O. The number of amides is 6. The predicted molar refractivity (Wildman–Crippen MR) is 229 cm³/mol. The summed E-state index contributed by atoms with van der Waals surface area (Å²) in [6.45, 7) is 5.56. The molecule has 8 N–H and O–H groups in total. The number of nitrogens with one attached hydrogen (secondary N) is 4. The Hall–Kier alpha value is -6.31. The number of fused-ring (bicyclic) bond motifs is 5. The predicted octanol–water partition coefficient (Wildman–Crippen LogP) is 2.41. The lowest BCUT2D eigenvalue weighted by Gasteiger charge is -2.30. The van der Waals surface area contributed by atoms with Crippen LogP contribution in [0.4, 0.5) is 5.69 Å². The number of hydrogen-bond acceptors (Lipinski definition) is 12. The number of carboxylic acids is 1. The number of rotatable bonds is 20. The minimum Gasteiger partial charge on any atom is -0.507 e. The lowest BCUT2D eigenvalue weighted by Crippen LogP contribution is -2.55. The number of carbonyl (C=O) groups excluding carboxylic acids is 6. The number of aliphatic hydroxyl groups excluding tert-OH is 1. The molecule has 0 spiro atoms. The normalized spacial score (nSPS) is 17.7. The summed E-state index contributed by atoms with van der Waals surface area (Å²) in [5.74, 6) is -6.97. The maximum absolute atomic E-state index is 13.9. The molecule has 6 amide bonds. The fraction of sp³-hybridized carbons (Fsp3) is 0.558. The number of likely N-dealkylation sites (N-methyl/N-ethyl adjacent to an activating group) is 2. The summed E-state index contributed by atoms with van der Waals surface area (Å²) in [6.07, 6.45) is 7.92. The van der Waals surface area contributed by atoms with Gasteiger partial charge in [0.25, 0.3) is 0 Å². The quantitative estimate of drug-likeness (QED) is 0.0539. The second-order valence-electron chi connectivity index (χ2n) is 16.1. The van der Waals surface area contributed by atoms with Crippen molar-refractivity contribution < 1.29 is 58.9 Å². The van der Waals surface area contributed by atoms with Gasteiger partial charge in [-0.2, -0.15) is 0 Å². The minimum absolute atomic E-state index is 0.00252. The molecule has 1 aliphatic heterocycles. The fourth-order valence-corrected chi connectivity index (χ4v) is 7.09. The van der Waals surface area contributed by atoms with Gasteiger partial charge in [0.15, 0.2) is 0 Å². The summed E-state index contributed by atoms with van der Waals surface area (Å²) in [7, 11) is 2.58. The molecule has 1 unspecified atom stereocenters. The van der Waals surface area contributed by atoms with E-state index in [2.05, 4.69) is 35.1 Å². The Morgan fingerprint density at radius 3 is 2.17 bits per heavy atom. The van der Waals surface area contributed by atoms with E-state index in [1.807, 2.05) is 0 Å². The Morgan fingerprint density at radius 1 is 0.905 bits per heavy atom. The number of phenols is 2. The van der Waals surface area contributed by atoms with E-state index in [9.17, 15) is 64.1 Å². The second-order valence-corrected chi connectivity index (χ2v) is 16.1. The van der Waals surface area contributed by atoms with Crippen LogP contribution in [0.5, 0.6) is 11.5 Å². The van der Waals surface area contributed by atoms with Crippen molar-refractivity contribution in [2.24, 2.45) is 5.92 Å². The molecule has 0 radical (unpaired) electrons. The first-order valence-corrected chi connectivity index (χ1v) is 21.1. The zero-order chi connectivity index (χ0) is 47.1. The van der Waals surface area contributed by atoms with Gasteiger partial charge in [-0.15, -0.1) is 0 Å². The highest BCUT2D eigenvalue weighted by molar-refractivity contribution is 5.96. The lowest BCUT2D eigenvalue weighted by molar-refractivity contribution is -0.385. The maximum Gasteiger partial charge on any atom is 0.326 e. The number of phenolic OH excluding ortho intramolecular Hbond substituents is 2. The van der Waals surface area contributed by atoms with E-state index >= 15 is 0 Å². The zero-order valence-electron chi connectivity index (χ0n) is 36.6. The van der Waals surface area contributed by atoms with Crippen LogP contribution in [0.3, 0.4) is 0 Å². The van der Waals surface area contributed by atoms with Crippen LogP contribution in [0.1, 0.15) is 103 Å². The summed E-state index contributed by atoms with van der Waals surface area (Å²) in [5, 5.41) is 63.2. The van der Waals surface area contributed by atoms with E-state index in [1.165, 1.54) is 65.4 Å². The number of nitro benzene ring substituents is 1. The van der Waals surface area contributed by atoms with Crippen LogP contribution in [-0.2, 0) is 40.0 Å². The highest BCUT2D eigenvalue weighted by Crippen LogP contribution is 2.43. The zero-order valence-corrected chi connectivity index (χ0v) is 36.6. The van der Waals surface area contributed by atoms with Crippen molar-refractivity contribution in [1.29, 1.82) is 0 Å². The molecular weight excluding hydrogens is 823 g/mol. The Morgan fingerprint density at radius 2 is 1.56 bits per heavy atom. The number of carbonyl (C=O) groups is 7. The van der Waals surface area contributed by atoms with E-state index in [0.717, 1.165) is 53.5 Å². The third-order valence-corrected chi connectivity index (χ3v) is 11.3. The highest BCUT2D eigenvalue weighted by atomic mass is 16.6. The number of benzene rings is 2. The van der Waals surface area contributed by atoms with Crippen molar-refractivity contribution >= 4 is 47.1 Å². The number of aliphatic carboxylic acids is 1. The molecule has 1 heterocycles. The molecule has 63 heavy (non-hydrogen) atoms. The van der Waals surface area contributed by atoms with Crippen LogP contribution in [-0.4, -0.2) is 128 Å². The van der Waals surface area contributed by atoms with Gasteiger partial charge in [0.2, 0.25) is 41.2 Å². The molecule has 6 atom stereocenters. The molecular formula is C43H61N7O13. The Labute approximate surface area is 365 Å². The molecule has 0 fully saturated rings. The maximum atomic E-state index is 13.9. The molecule has 0 saturated carbocycles. The number of hydrogen-bond donors (Lipinski definition) is 8. The summed E-state index contributed by atoms with van der Waals surface area (Å²) >= 11 is 0. The van der Waals surface area contributed by atoms with Crippen molar-refractivity contribution in [3.63, 3.8) is 0 Å². The first kappa shape index (κ1) is 51.0. The van der Waals surface area contributed by atoms with Crippen LogP contribution in [0, 0.1) is 16.0 Å². The third-order valence-electron chi connectivity index (χ3n) is 11.3. The average Bonchev–Trinajstić information content (AvgIpc) is 3.23. The van der Waals surface area contributed by atoms with Gasteiger partial charge in [-0.25, -0.2) is 4.79 Å². The Bertz CT molecular complexity index is 2010. The van der Waals surface area contributed by atoms with Gasteiger partial charge in [0.05, 0.1) is 18.1 Å². The molecule has 4 bridgehead atoms. The van der Waals surface area contributed by atoms with Gasteiger partial charge >= 0.3 is 11.7 Å². The fourth-order valence-electron chi connectivity index (χ4n) is 7.09. The third kappa shape index (κ3) is 14.1. The van der Waals surface area contributed by atoms with Gasteiger partial charge in [0, 0.05) is 44.1 Å². The molecule has 3 rings (SSSR count). The standard InChI is InChI=1S/C43H61N7O13/c1-7-24(2)14-12-10-8-9-11-13-15-35(53)48(5)33(23-51)41(58)45-25(3)39(56)44-22-36(54)49(6)37-28-16-17-34(52)29(21-28)30-18-27(20-32(38(30)55)50(62)63)19-31(43(60)61)47-40(57)26(4)46-42(37)59/h16-18,20-21,24-26,31,33,37,51-52,55H,7-15,19,22-23H2,1-6H3,(H,44,56)(H,45,58)(H,46,59)(H,47,57)(H,60,61)/t24?,25-,26+,31+,33-,37+/m1/s1. The molecule has 346 valence electrons. The highest BCUT2D eigenvalue weighted by Gasteiger charge is 2.35. The van der Waals surface area contributed by atoms with Crippen molar-refractivity contribution in [2.45, 2.75) is 122 Å². The van der Waals surface area contributed by atoms with Crippen LogP contribution in [0.25, 0.3) is 11.1 Å². The summed E-state index contributed by atoms with van der Waals surface area (Å²) in [6, 6.07) is -1.52. The largest absolute Gasteiger partial charge is 0.507 e. The van der Waals surface area contributed by atoms with Crippen molar-refractivity contribution in [1.82, 2.24) is 31.1 Å². The van der Waals surface area contributed by atoms with E-state index in [1.54, 1.807) is 0 Å². The van der Waals surface area contributed by atoms with Crippen molar-refractivity contribution in [3.8, 4) is 22.6 Å². The van der Waals surface area contributed by atoms with Crippen molar-refractivity contribution in [2.75, 3.05) is 27.2 Å². The van der Waals surface area contributed by atoms with Crippen LogP contribution in [0.2, 0.25) is 0 Å². The molecule has 0 aliphatic carbocycles. The number of unbranched alkanes of at least 4 members (excludes halogenated alkanes) is 5. The van der Waals surface area contributed by atoms with Crippen LogP contribution < -0.4 is 21.3 Å². The van der Waals surface area contributed by atoms with Crippen LogP contribution in [0.15, 0.2) is 30.3 Å². The van der Waals surface area contributed by atoms with Gasteiger partial charge < -0.3 is 51.5 Å². The first-order chi connectivity index (χ1) is 29.7. The second kappa shape index (κ2) is 23.8. The van der Waals surface area contributed by atoms with Gasteiger partial charge in [-0.05, 0) is 55.5 Å². The molecule has 1 aliphatic rings. The molecule has 2 aromatic carbocycles. The van der Waals surface area contributed by atoms with Gasteiger partial charge in [0.1, 0.15) is 36.0 Å². The van der Waals surface area contributed by atoms with Gasteiger partial charge in [-0.1, -0.05) is 64.9 Å². The number of aliphatic hydroxyl groups is 1. The molecule has 20 heteroatoms. The van der Waals surface area contributed by atoms with E-state index in [0.29, 0.717) is 6.42 Å². The summed E-state index contributed by atoms with van der Waals surface area (Å²) < 4.78 is 0. The van der Waals surface area contributed by atoms with Crippen LogP contribution >= 0.6 is 0 Å². The number of aromatic hydroxyl groups is 2.